The standard InChI is InChI=1S/C20H13Cl2FN2OS/c21-12-9-10-17(24-20(27)25-18-8-4-3-7-16(18)23)14(11-12)19(26)13-5-1-2-6-15(13)22/h1-11H,(H2,24,25,27). The molecule has 136 valence electrons. The van der Waals surface area contributed by atoms with Crippen LogP contribution in [0.1, 0.15) is 15.9 Å². The SMILES string of the molecule is O=C(c1ccccc1Cl)c1cc(Cl)ccc1NC(=S)Nc1ccccc1F. The van der Waals surface area contributed by atoms with Crippen molar-refractivity contribution in [2.24, 2.45) is 0 Å². The number of ketones is 1. The third-order valence-corrected chi connectivity index (χ3v) is 4.48. The number of carbonyl (C=O) groups excluding carboxylic acids is 1. The maximum atomic E-state index is 13.8. The van der Waals surface area contributed by atoms with E-state index in [0.29, 0.717) is 26.9 Å². The Hall–Kier alpha value is -2.47. The maximum absolute atomic E-state index is 13.8. The summed E-state index contributed by atoms with van der Waals surface area (Å²) in [4.78, 5) is 12.9. The van der Waals surface area contributed by atoms with Gasteiger partial charge in [-0.3, -0.25) is 4.79 Å². The summed E-state index contributed by atoms with van der Waals surface area (Å²) in [5.41, 5.74) is 1.30. The monoisotopic (exact) mass is 418 g/mol. The molecule has 0 saturated heterocycles. The Morgan fingerprint density at radius 2 is 1.52 bits per heavy atom. The number of anilines is 2. The average Bonchev–Trinajstić information content (AvgIpc) is 2.65. The van der Waals surface area contributed by atoms with Crippen LogP contribution in [0.4, 0.5) is 15.8 Å². The number of halogens is 3. The largest absolute Gasteiger partial charge is 0.332 e. The molecule has 0 aromatic heterocycles. The lowest BCUT2D eigenvalue weighted by atomic mass is 10.0. The Kier molecular flexibility index (Phi) is 6.06. The van der Waals surface area contributed by atoms with E-state index in [2.05, 4.69) is 10.6 Å². The van der Waals surface area contributed by atoms with Gasteiger partial charge < -0.3 is 10.6 Å². The number of para-hydroxylation sites is 1. The molecule has 0 radical (unpaired) electrons. The molecule has 0 spiro atoms. The van der Waals surface area contributed by atoms with Crippen LogP contribution in [0.5, 0.6) is 0 Å². The van der Waals surface area contributed by atoms with Gasteiger partial charge in [-0.25, -0.2) is 4.39 Å². The Labute approximate surface area is 171 Å². The normalized spacial score (nSPS) is 10.3. The summed E-state index contributed by atoms with van der Waals surface area (Å²) in [5.74, 6) is -0.746. The number of carbonyl (C=O) groups is 1. The van der Waals surface area contributed by atoms with Crippen molar-refractivity contribution in [2.75, 3.05) is 10.6 Å². The molecule has 3 nitrogen and oxygen atoms in total. The van der Waals surface area contributed by atoms with Gasteiger partial charge in [-0.15, -0.1) is 0 Å². The van der Waals surface area contributed by atoms with Crippen molar-refractivity contribution < 1.29 is 9.18 Å². The Morgan fingerprint density at radius 3 is 2.26 bits per heavy atom. The third kappa shape index (κ3) is 4.63. The first kappa shape index (κ1) is 19.3. The quantitative estimate of drug-likeness (QED) is 0.392. The molecule has 0 aliphatic heterocycles. The van der Waals surface area contributed by atoms with E-state index < -0.39 is 5.82 Å². The molecule has 3 aromatic carbocycles. The molecule has 27 heavy (non-hydrogen) atoms. The average molecular weight is 419 g/mol. The zero-order valence-electron chi connectivity index (χ0n) is 13.8. The summed E-state index contributed by atoms with van der Waals surface area (Å²) in [5, 5.41) is 6.54. The van der Waals surface area contributed by atoms with Crippen molar-refractivity contribution in [3.63, 3.8) is 0 Å². The van der Waals surface area contributed by atoms with Crippen molar-refractivity contribution in [2.45, 2.75) is 0 Å². The van der Waals surface area contributed by atoms with Crippen molar-refractivity contribution in [3.8, 4) is 0 Å². The lowest BCUT2D eigenvalue weighted by Gasteiger charge is -2.15. The molecule has 7 heteroatoms. The molecule has 0 unspecified atom stereocenters. The van der Waals surface area contributed by atoms with Gasteiger partial charge in [0.15, 0.2) is 10.9 Å². The highest BCUT2D eigenvalue weighted by Crippen LogP contribution is 2.27. The second kappa shape index (κ2) is 8.48. The van der Waals surface area contributed by atoms with Crippen molar-refractivity contribution in [1.29, 1.82) is 0 Å². The molecule has 0 saturated carbocycles. The van der Waals surface area contributed by atoms with Crippen LogP contribution in [-0.2, 0) is 0 Å². The second-order valence-corrected chi connectivity index (χ2v) is 6.81. The molecule has 3 aromatic rings. The van der Waals surface area contributed by atoms with E-state index in [9.17, 15) is 9.18 Å². The molecule has 0 aliphatic rings. The Morgan fingerprint density at radius 1 is 0.852 bits per heavy atom. The van der Waals surface area contributed by atoms with Gasteiger partial charge in [0.25, 0.3) is 0 Å². The molecule has 0 atom stereocenters. The van der Waals surface area contributed by atoms with Crippen LogP contribution < -0.4 is 10.6 Å². The summed E-state index contributed by atoms with van der Waals surface area (Å²) in [6.45, 7) is 0. The summed E-state index contributed by atoms with van der Waals surface area (Å²) >= 11 is 17.4. The first-order chi connectivity index (χ1) is 13.0. The molecule has 3 rings (SSSR count). The van der Waals surface area contributed by atoms with Gasteiger partial charge in [0.1, 0.15) is 5.82 Å². The summed E-state index contributed by atoms with van der Waals surface area (Å²) < 4.78 is 13.8. The molecule has 0 aliphatic carbocycles. The van der Waals surface area contributed by atoms with Crippen LogP contribution in [0, 0.1) is 5.82 Å². The lowest BCUT2D eigenvalue weighted by molar-refractivity contribution is 0.103. The highest BCUT2D eigenvalue weighted by atomic mass is 35.5. The van der Waals surface area contributed by atoms with E-state index in [4.69, 9.17) is 35.4 Å². The highest BCUT2D eigenvalue weighted by molar-refractivity contribution is 7.80. The van der Waals surface area contributed by atoms with Crippen LogP contribution in [0.3, 0.4) is 0 Å². The minimum atomic E-state index is -0.440. The van der Waals surface area contributed by atoms with E-state index in [1.807, 2.05) is 0 Å². The summed E-state index contributed by atoms with van der Waals surface area (Å²) in [6, 6.07) is 17.6. The molecule has 0 fully saturated rings. The smallest absolute Gasteiger partial charge is 0.196 e. The zero-order chi connectivity index (χ0) is 19.4. The number of hydrogen-bond donors (Lipinski definition) is 2. The van der Waals surface area contributed by atoms with Gasteiger partial charge in [0.2, 0.25) is 0 Å². The van der Waals surface area contributed by atoms with Gasteiger partial charge in [0.05, 0.1) is 16.4 Å². The fourth-order valence-corrected chi connectivity index (χ4v) is 3.06. The molecular formula is C20H13Cl2FN2OS. The van der Waals surface area contributed by atoms with E-state index >= 15 is 0 Å². The Bertz CT molecular complexity index is 1030. The van der Waals surface area contributed by atoms with Crippen LogP contribution >= 0.6 is 35.4 Å². The maximum Gasteiger partial charge on any atom is 0.196 e. The van der Waals surface area contributed by atoms with Crippen molar-refractivity contribution in [3.05, 3.63) is 93.7 Å². The molecule has 2 N–H and O–H groups in total. The summed E-state index contributed by atoms with van der Waals surface area (Å²) in [6.07, 6.45) is 0. The van der Waals surface area contributed by atoms with E-state index in [0.717, 1.165) is 0 Å². The summed E-state index contributed by atoms with van der Waals surface area (Å²) in [7, 11) is 0. The predicted molar refractivity (Wildman–Crippen MR) is 113 cm³/mol. The van der Waals surface area contributed by atoms with Gasteiger partial charge in [0, 0.05) is 16.1 Å². The number of rotatable bonds is 4. The molecular weight excluding hydrogens is 406 g/mol. The van der Waals surface area contributed by atoms with Crippen LogP contribution in [0.15, 0.2) is 66.7 Å². The number of benzene rings is 3. The number of hydrogen-bond acceptors (Lipinski definition) is 2. The van der Waals surface area contributed by atoms with Crippen LogP contribution in [0.2, 0.25) is 10.0 Å². The van der Waals surface area contributed by atoms with Crippen molar-refractivity contribution in [1.82, 2.24) is 0 Å². The van der Waals surface area contributed by atoms with Gasteiger partial charge in [-0.1, -0.05) is 47.5 Å². The topological polar surface area (TPSA) is 41.1 Å². The zero-order valence-corrected chi connectivity index (χ0v) is 16.1. The van der Waals surface area contributed by atoms with Crippen molar-refractivity contribution >= 4 is 57.7 Å². The van der Waals surface area contributed by atoms with Gasteiger partial charge in [-0.2, -0.15) is 0 Å². The highest BCUT2D eigenvalue weighted by Gasteiger charge is 2.17. The predicted octanol–water partition coefficient (Wildman–Crippen LogP) is 6.17. The minimum absolute atomic E-state index is 0.135. The first-order valence-electron chi connectivity index (χ1n) is 7.87. The van der Waals surface area contributed by atoms with Gasteiger partial charge >= 0.3 is 0 Å². The number of nitrogens with one attached hydrogen (secondary N) is 2. The van der Waals surface area contributed by atoms with Gasteiger partial charge in [-0.05, 0) is 54.7 Å². The second-order valence-electron chi connectivity index (χ2n) is 5.56. The number of thiocarbonyl (C=S) groups is 1. The third-order valence-electron chi connectivity index (χ3n) is 3.71. The van der Waals surface area contributed by atoms with E-state index in [1.165, 1.54) is 12.1 Å². The Balaban J connectivity index is 1.88. The molecule has 0 bridgehead atoms. The first-order valence-corrected chi connectivity index (χ1v) is 9.03. The van der Waals surface area contributed by atoms with E-state index in [1.54, 1.807) is 54.6 Å². The molecule has 0 amide bonds. The fourth-order valence-electron chi connectivity index (χ4n) is 2.44. The minimum Gasteiger partial charge on any atom is -0.332 e. The molecule has 0 heterocycles. The lowest BCUT2D eigenvalue weighted by Crippen LogP contribution is -2.21. The van der Waals surface area contributed by atoms with E-state index in [-0.39, 0.29) is 16.6 Å². The fraction of sp³-hybridized carbons (Fsp3) is 0. The van der Waals surface area contributed by atoms with Crippen LogP contribution in [-0.4, -0.2) is 10.9 Å². The van der Waals surface area contributed by atoms with Crippen LogP contribution in [0.25, 0.3) is 0 Å².